The van der Waals surface area contributed by atoms with Crippen molar-refractivity contribution in [2.24, 2.45) is 0 Å². The van der Waals surface area contributed by atoms with Gasteiger partial charge >= 0.3 is 29.6 Å². The summed E-state index contributed by atoms with van der Waals surface area (Å²) in [6, 6.07) is 5.43. The van der Waals surface area contributed by atoms with Crippen LogP contribution in [0.3, 0.4) is 0 Å². The van der Waals surface area contributed by atoms with Crippen LogP contribution < -0.4 is 34.7 Å². The van der Waals surface area contributed by atoms with Crippen LogP contribution in [0.4, 0.5) is 0 Å². The maximum absolute atomic E-state index is 10.9. The third kappa shape index (κ3) is 2.32. The van der Waals surface area contributed by atoms with Crippen LogP contribution >= 0.6 is 15.9 Å². The zero-order valence-corrected chi connectivity index (χ0v) is 12.6. The SMILES string of the molecule is CCn1nc(C(=O)[O-])c2cc(Br)ccc21.[Na+]. The van der Waals surface area contributed by atoms with Gasteiger partial charge in [-0.05, 0) is 25.1 Å². The number of rotatable bonds is 2. The van der Waals surface area contributed by atoms with Crippen LogP contribution in [0.1, 0.15) is 17.4 Å². The summed E-state index contributed by atoms with van der Waals surface area (Å²) < 4.78 is 2.47. The maximum Gasteiger partial charge on any atom is 1.00 e. The van der Waals surface area contributed by atoms with Gasteiger partial charge < -0.3 is 9.90 Å². The predicted molar refractivity (Wildman–Crippen MR) is 57.4 cm³/mol. The summed E-state index contributed by atoms with van der Waals surface area (Å²) in [5.41, 5.74) is 0.799. The molecule has 4 nitrogen and oxygen atoms in total. The Morgan fingerprint density at radius 1 is 1.56 bits per heavy atom. The monoisotopic (exact) mass is 290 g/mol. The van der Waals surface area contributed by atoms with Gasteiger partial charge in [-0.3, -0.25) is 4.68 Å². The average molecular weight is 291 g/mol. The number of aromatic carboxylic acids is 1. The first-order chi connectivity index (χ1) is 7.13. The molecule has 2 aromatic rings. The molecule has 0 aliphatic rings. The van der Waals surface area contributed by atoms with Crippen LogP contribution in [-0.4, -0.2) is 15.7 Å². The first kappa shape index (κ1) is 13.7. The van der Waals surface area contributed by atoms with Gasteiger partial charge in [-0.2, -0.15) is 5.10 Å². The Hall–Kier alpha value is -0.360. The molecular weight excluding hydrogens is 283 g/mol. The third-order valence-corrected chi connectivity index (χ3v) is 2.70. The third-order valence-electron chi connectivity index (χ3n) is 2.21. The predicted octanol–water partition coefficient (Wildman–Crippen LogP) is -1.81. The number of carbonyl (C=O) groups excluding carboxylic acids is 1. The molecule has 1 aromatic heterocycles. The molecule has 0 unspecified atom stereocenters. The minimum Gasteiger partial charge on any atom is -0.543 e. The second kappa shape index (κ2) is 5.31. The van der Waals surface area contributed by atoms with Crippen LogP contribution in [-0.2, 0) is 6.54 Å². The van der Waals surface area contributed by atoms with Gasteiger partial charge in [0, 0.05) is 16.4 Å². The van der Waals surface area contributed by atoms with E-state index in [1.54, 1.807) is 10.7 Å². The topological polar surface area (TPSA) is 58.0 Å². The first-order valence-corrected chi connectivity index (χ1v) is 5.30. The Bertz CT molecular complexity index is 539. The number of carbonyl (C=O) groups is 1. The van der Waals surface area contributed by atoms with Crippen molar-refractivity contribution in [3.8, 4) is 0 Å². The van der Waals surface area contributed by atoms with E-state index in [4.69, 9.17) is 0 Å². The molecule has 2 rings (SSSR count). The molecule has 6 heteroatoms. The van der Waals surface area contributed by atoms with E-state index in [-0.39, 0.29) is 35.3 Å². The van der Waals surface area contributed by atoms with E-state index in [1.807, 2.05) is 19.1 Å². The molecule has 78 valence electrons. The summed E-state index contributed by atoms with van der Waals surface area (Å²) in [5, 5.41) is 15.4. The number of hydrogen-bond donors (Lipinski definition) is 0. The summed E-state index contributed by atoms with van der Waals surface area (Å²) in [4.78, 5) is 10.9. The Labute approximate surface area is 123 Å². The fourth-order valence-electron chi connectivity index (χ4n) is 1.54. The van der Waals surface area contributed by atoms with Crippen molar-refractivity contribution in [3.63, 3.8) is 0 Å². The van der Waals surface area contributed by atoms with Gasteiger partial charge in [0.1, 0.15) is 5.69 Å². The molecule has 0 amide bonds. The van der Waals surface area contributed by atoms with Gasteiger partial charge in [0.05, 0.1) is 11.5 Å². The number of nitrogens with zero attached hydrogens (tertiary/aromatic N) is 2. The number of halogens is 1. The smallest absolute Gasteiger partial charge is 0.543 e. The molecule has 0 spiro atoms. The fraction of sp³-hybridized carbons (Fsp3) is 0.200. The summed E-state index contributed by atoms with van der Waals surface area (Å²) >= 11 is 3.30. The van der Waals surface area contributed by atoms with Gasteiger partial charge in [0.15, 0.2) is 0 Å². The molecule has 0 N–H and O–H groups in total. The summed E-state index contributed by atoms with van der Waals surface area (Å²) in [6.07, 6.45) is 0. The molecule has 0 atom stereocenters. The second-order valence-corrected chi connectivity index (χ2v) is 4.03. The molecule has 1 heterocycles. The zero-order valence-electron chi connectivity index (χ0n) is 9.03. The number of benzene rings is 1. The Morgan fingerprint density at radius 3 is 2.81 bits per heavy atom. The van der Waals surface area contributed by atoms with Crippen molar-refractivity contribution in [1.82, 2.24) is 9.78 Å². The Balaban J connectivity index is 0.00000128. The largest absolute Gasteiger partial charge is 1.00 e. The number of fused-ring (bicyclic) bond motifs is 1. The fourth-order valence-corrected chi connectivity index (χ4v) is 1.90. The van der Waals surface area contributed by atoms with Crippen molar-refractivity contribution in [2.45, 2.75) is 13.5 Å². The van der Waals surface area contributed by atoms with E-state index in [2.05, 4.69) is 21.0 Å². The van der Waals surface area contributed by atoms with Crippen molar-refractivity contribution < 1.29 is 39.5 Å². The van der Waals surface area contributed by atoms with Crippen molar-refractivity contribution in [3.05, 3.63) is 28.4 Å². The molecule has 1 aromatic carbocycles. The van der Waals surface area contributed by atoms with Gasteiger partial charge in [-0.25, -0.2) is 0 Å². The van der Waals surface area contributed by atoms with Crippen LogP contribution in [0.15, 0.2) is 22.7 Å². The van der Waals surface area contributed by atoms with E-state index in [1.165, 1.54) is 0 Å². The molecule has 0 saturated carbocycles. The second-order valence-electron chi connectivity index (χ2n) is 3.11. The minimum atomic E-state index is -1.25. The average Bonchev–Trinajstić information content (AvgIpc) is 2.55. The van der Waals surface area contributed by atoms with Crippen LogP contribution in [0.2, 0.25) is 0 Å². The van der Waals surface area contributed by atoms with E-state index in [0.29, 0.717) is 11.9 Å². The maximum atomic E-state index is 10.9. The molecule has 0 bridgehead atoms. The molecule has 16 heavy (non-hydrogen) atoms. The molecule has 0 aliphatic carbocycles. The van der Waals surface area contributed by atoms with Crippen LogP contribution in [0.5, 0.6) is 0 Å². The van der Waals surface area contributed by atoms with E-state index < -0.39 is 5.97 Å². The number of carboxylic acids is 1. The van der Waals surface area contributed by atoms with Gasteiger partial charge in [0.25, 0.3) is 0 Å². The molecule has 0 radical (unpaired) electrons. The molecule has 0 fully saturated rings. The van der Waals surface area contributed by atoms with Gasteiger partial charge in [-0.15, -0.1) is 0 Å². The number of hydrogen-bond acceptors (Lipinski definition) is 3. The first-order valence-electron chi connectivity index (χ1n) is 4.51. The normalized spacial score (nSPS) is 10.1. The summed E-state index contributed by atoms with van der Waals surface area (Å²) in [6.45, 7) is 2.54. The number of carboxylic acid groups (broad SMARTS) is 1. The quantitative estimate of drug-likeness (QED) is 0.613. The van der Waals surface area contributed by atoms with Crippen molar-refractivity contribution >= 4 is 32.8 Å². The summed E-state index contributed by atoms with van der Waals surface area (Å²) in [7, 11) is 0. The standard InChI is InChI=1S/C10H9BrN2O2.Na/c1-2-13-8-4-3-6(11)5-7(8)9(12-13)10(14)15;/h3-5H,2H2,1H3,(H,14,15);/q;+1/p-1. The molecular formula is C10H8BrN2NaO2. The summed E-state index contributed by atoms with van der Waals surface area (Å²) in [5.74, 6) is -1.25. The molecule has 0 saturated heterocycles. The molecule has 0 aliphatic heterocycles. The number of aromatic nitrogens is 2. The Kier molecular flexibility index (Phi) is 4.55. The van der Waals surface area contributed by atoms with Crippen LogP contribution in [0, 0.1) is 0 Å². The number of aryl methyl sites for hydroxylation is 1. The van der Waals surface area contributed by atoms with E-state index >= 15 is 0 Å². The van der Waals surface area contributed by atoms with Gasteiger partial charge in [-0.1, -0.05) is 15.9 Å². The van der Waals surface area contributed by atoms with Crippen LogP contribution in [0.25, 0.3) is 10.9 Å². The Morgan fingerprint density at radius 2 is 2.25 bits per heavy atom. The minimum absolute atomic E-state index is 0. The van der Waals surface area contributed by atoms with Crippen molar-refractivity contribution in [2.75, 3.05) is 0 Å². The van der Waals surface area contributed by atoms with E-state index in [9.17, 15) is 9.90 Å². The van der Waals surface area contributed by atoms with Crippen molar-refractivity contribution in [1.29, 1.82) is 0 Å². The van der Waals surface area contributed by atoms with E-state index in [0.717, 1.165) is 9.99 Å². The zero-order chi connectivity index (χ0) is 11.0. The van der Waals surface area contributed by atoms with Gasteiger partial charge in [0.2, 0.25) is 0 Å².